The van der Waals surface area contributed by atoms with Crippen LogP contribution in [0.4, 0.5) is 0 Å². The minimum absolute atomic E-state index is 0.249. The average molecular weight is 143 g/mol. The molecule has 0 unspecified atom stereocenters. The Morgan fingerprint density at radius 1 is 1.78 bits per heavy atom. The fourth-order valence-electron chi connectivity index (χ4n) is 0.779. The first kappa shape index (κ1) is 6.55. The first-order chi connectivity index (χ1) is 4.22. The van der Waals surface area contributed by atoms with E-state index in [9.17, 15) is 0 Å². The molecule has 0 atom stereocenters. The van der Waals surface area contributed by atoms with Crippen molar-refractivity contribution in [3.05, 3.63) is 11.8 Å². The Labute approximate surface area is 59.8 Å². The number of nitrogens with zero attached hydrogens (tertiary/aromatic N) is 1. The van der Waals surface area contributed by atoms with E-state index in [2.05, 4.69) is 0 Å². The molecular formula is C6H9NOS. The molecule has 0 radical (unpaired) electrons. The van der Waals surface area contributed by atoms with Gasteiger partial charge in [0.25, 0.3) is 0 Å². The summed E-state index contributed by atoms with van der Waals surface area (Å²) in [6.07, 6.45) is 2.64. The Hall–Kier alpha value is -0.570. The third-order valence-electron chi connectivity index (χ3n) is 1.37. The number of aliphatic hydroxyl groups is 1. The second-order valence-corrected chi connectivity index (χ2v) is 2.49. The molecular weight excluding hydrogens is 134 g/mol. The van der Waals surface area contributed by atoms with Gasteiger partial charge < -0.3 is 10.0 Å². The van der Waals surface area contributed by atoms with E-state index in [0.717, 1.165) is 13.0 Å². The Balaban J connectivity index is 2.74. The second kappa shape index (κ2) is 2.35. The molecule has 0 aromatic carbocycles. The molecule has 1 rings (SSSR count). The van der Waals surface area contributed by atoms with Crippen LogP contribution in [0.15, 0.2) is 11.8 Å². The summed E-state index contributed by atoms with van der Waals surface area (Å²) >= 11 is 4.86. The zero-order chi connectivity index (χ0) is 6.85. The lowest BCUT2D eigenvalue weighted by Crippen LogP contribution is -2.30. The Bertz CT molecular complexity index is 164. The maximum Gasteiger partial charge on any atom is 0.146 e. The lowest BCUT2D eigenvalue weighted by molar-refractivity contribution is 0.398. The van der Waals surface area contributed by atoms with Crippen molar-refractivity contribution in [3.63, 3.8) is 0 Å². The highest BCUT2D eigenvalue weighted by Gasteiger charge is 2.11. The fraction of sp³-hybridized carbons (Fsp3) is 0.500. The summed E-state index contributed by atoms with van der Waals surface area (Å²) in [7, 11) is 1.88. The van der Waals surface area contributed by atoms with Crippen molar-refractivity contribution < 1.29 is 5.11 Å². The van der Waals surface area contributed by atoms with Crippen LogP contribution in [0, 0.1) is 0 Å². The van der Waals surface area contributed by atoms with Crippen molar-refractivity contribution in [2.24, 2.45) is 0 Å². The highest BCUT2D eigenvalue weighted by Crippen LogP contribution is 2.07. The fourth-order valence-corrected chi connectivity index (χ4v) is 0.954. The Morgan fingerprint density at radius 2 is 2.44 bits per heavy atom. The molecule has 0 fully saturated rings. The van der Waals surface area contributed by atoms with Gasteiger partial charge in [0.05, 0.1) is 0 Å². The van der Waals surface area contributed by atoms with E-state index in [1.54, 1.807) is 6.08 Å². The van der Waals surface area contributed by atoms with Crippen LogP contribution in [0.2, 0.25) is 0 Å². The van der Waals surface area contributed by atoms with Gasteiger partial charge in [0.2, 0.25) is 0 Å². The topological polar surface area (TPSA) is 23.5 Å². The van der Waals surface area contributed by atoms with E-state index in [0.29, 0.717) is 4.99 Å². The van der Waals surface area contributed by atoms with Crippen molar-refractivity contribution in [1.82, 2.24) is 4.90 Å². The van der Waals surface area contributed by atoms with Crippen LogP contribution in [0.3, 0.4) is 0 Å². The average Bonchev–Trinajstić information content (AvgIpc) is 1.83. The smallest absolute Gasteiger partial charge is 0.146 e. The van der Waals surface area contributed by atoms with E-state index in [1.165, 1.54) is 0 Å². The third-order valence-corrected chi connectivity index (χ3v) is 1.89. The van der Waals surface area contributed by atoms with Crippen LogP contribution in [-0.4, -0.2) is 28.6 Å². The van der Waals surface area contributed by atoms with Crippen molar-refractivity contribution in [3.8, 4) is 0 Å². The molecule has 1 heterocycles. The van der Waals surface area contributed by atoms with Gasteiger partial charge in [0.15, 0.2) is 0 Å². The summed E-state index contributed by atoms with van der Waals surface area (Å²) in [5, 5.41) is 9.03. The van der Waals surface area contributed by atoms with Gasteiger partial charge >= 0.3 is 0 Å². The minimum atomic E-state index is 0.249. The van der Waals surface area contributed by atoms with Gasteiger partial charge in [0, 0.05) is 13.6 Å². The zero-order valence-corrected chi connectivity index (χ0v) is 6.11. The number of rotatable bonds is 0. The van der Waals surface area contributed by atoms with E-state index in [1.807, 2.05) is 11.9 Å². The van der Waals surface area contributed by atoms with Crippen LogP contribution in [0.1, 0.15) is 6.42 Å². The highest BCUT2D eigenvalue weighted by atomic mass is 32.1. The zero-order valence-electron chi connectivity index (χ0n) is 5.29. The standard InChI is InChI=1S/C6H9NOS/c1-7-4-2-3-5(8)6(7)9/h3,8H,2,4H2,1H3. The van der Waals surface area contributed by atoms with Crippen molar-refractivity contribution in [2.45, 2.75) is 6.42 Å². The summed E-state index contributed by atoms with van der Waals surface area (Å²) in [6, 6.07) is 0. The van der Waals surface area contributed by atoms with Gasteiger partial charge in [-0.25, -0.2) is 0 Å². The number of likely N-dealkylation sites (N-methyl/N-ethyl adjacent to an activating group) is 1. The van der Waals surface area contributed by atoms with E-state index < -0.39 is 0 Å². The summed E-state index contributed by atoms with van der Waals surface area (Å²) < 4.78 is 0. The van der Waals surface area contributed by atoms with Crippen molar-refractivity contribution >= 4 is 17.2 Å². The largest absolute Gasteiger partial charge is 0.505 e. The summed E-state index contributed by atoms with van der Waals surface area (Å²) in [6.45, 7) is 0.920. The highest BCUT2D eigenvalue weighted by molar-refractivity contribution is 7.80. The van der Waals surface area contributed by atoms with E-state index >= 15 is 0 Å². The summed E-state index contributed by atoms with van der Waals surface area (Å²) in [4.78, 5) is 2.42. The molecule has 0 amide bonds. The molecule has 0 saturated carbocycles. The molecule has 1 N–H and O–H groups in total. The quantitative estimate of drug-likeness (QED) is 0.513. The van der Waals surface area contributed by atoms with Crippen LogP contribution in [0.25, 0.3) is 0 Å². The molecule has 3 heteroatoms. The van der Waals surface area contributed by atoms with Crippen LogP contribution < -0.4 is 0 Å². The Kier molecular flexibility index (Phi) is 1.71. The maximum absolute atomic E-state index is 9.03. The SMILES string of the molecule is CN1CCC=C(O)C1=S. The summed E-state index contributed by atoms with van der Waals surface area (Å²) in [5.74, 6) is 0.249. The number of thiocarbonyl (C=S) groups is 1. The van der Waals surface area contributed by atoms with Gasteiger partial charge in [-0.05, 0) is 12.5 Å². The first-order valence-corrected chi connectivity index (χ1v) is 3.27. The predicted molar refractivity (Wildman–Crippen MR) is 40.6 cm³/mol. The van der Waals surface area contributed by atoms with Gasteiger partial charge in [-0.1, -0.05) is 12.2 Å². The molecule has 0 saturated heterocycles. The number of hydrogen-bond acceptors (Lipinski definition) is 2. The van der Waals surface area contributed by atoms with Gasteiger partial charge in [-0.3, -0.25) is 0 Å². The summed E-state index contributed by atoms with van der Waals surface area (Å²) in [5.41, 5.74) is 0. The number of hydrogen-bond donors (Lipinski definition) is 1. The lowest BCUT2D eigenvalue weighted by Gasteiger charge is -2.22. The predicted octanol–water partition coefficient (Wildman–Crippen LogP) is 1.09. The molecule has 0 bridgehead atoms. The number of aliphatic hydroxyl groups excluding tert-OH is 1. The molecule has 0 aliphatic carbocycles. The van der Waals surface area contributed by atoms with Gasteiger partial charge in [-0.2, -0.15) is 0 Å². The van der Waals surface area contributed by atoms with E-state index in [4.69, 9.17) is 17.3 Å². The van der Waals surface area contributed by atoms with Gasteiger partial charge in [0.1, 0.15) is 10.7 Å². The minimum Gasteiger partial charge on any atom is -0.505 e. The van der Waals surface area contributed by atoms with Crippen molar-refractivity contribution in [2.75, 3.05) is 13.6 Å². The molecule has 0 aromatic heterocycles. The maximum atomic E-state index is 9.03. The molecule has 0 aromatic rings. The molecule has 9 heavy (non-hydrogen) atoms. The lowest BCUT2D eigenvalue weighted by atomic mass is 10.2. The van der Waals surface area contributed by atoms with Crippen LogP contribution in [-0.2, 0) is 0 Å². The molecule has 2 nitrogen and oxygen atoms in total. The van der Waals surface area contributed by atoms with E-state index in [-0.39, 0.29) is 5.76 Å². The van der Waals surface area contributed by atoms with Crippen molar-refractivity contribution in [1.29, 1.82) is 0 Å². The second-order valence-electron chi connectivity index (χ2n) is 2.10. The third kappa shape index (κ3) is 1.21. The molecule has 0 spiro atoms. The molecule has 1 aliphatic heterocycles. The van der Waals surface area contributed by atoms with Crippen LogP contribution in [0.5, 0.6) is 0 Å². The first-order valence-electron chi connectivity index (χ1n) is 2.86. The normalized spacial score (nSPS) is 19.9. The Morgan fingerprint density at radius 3 is 2.89 bits per heavy atom. The van der Waals surface area contributed by atoms with Crippen LogP contribution >= 0.6 is 12.2 Å². The van der Waals surface area contributed by atoms with Gasteiger partial charge in [-0.15, -0.1) is 0 Å². The monoisotopic (exact) mass is 143 g/mol. The molecule has 1 aliphatic rings. The molecule has 50 valence electrons.